The van der Waals surface area contributed by atoms with Crippen molar-refractivity contribution in [1.29, 1.82) is 0 Å². The molecule has 3 heterocycles. The highest BCUT2D eigenvalue weighted by Gasteiger charge is 2.38. The second-order valence-electron chi connectivity index (χ2n) is 10.1. The van der Waals surface area contributed by atoms with E-state index in [2.05, 4.69) is 47.2 Å². The molecule has 8 heteroatoms. The first-order valence-corrected chi connectivity index (χ1v) is 12.6. The highest BCUT2D eigenvalue weighted by molar-refractivity contribution is 5.52. The van der Waals surface area contributed by atoms with E-state index in [1.165, 1.54) is 63.8 Å². The summed E-state index contributed by atoms with van der Waals surface area (Å²) in [4.78, 5) is 22.0. The van der Waals surface area contributed by atoms with Gasteiger partial charge in [-0.15, -0.1) is 0 Å². The van der Waals surface area contributed by atoms with E-state index in [1.54, 1.807) is 11.1 Å². The van der Waals surface area contributed by atoms with Crippen LogP contribution >= 0.6 is 0 Å². The standard InChI is InChI=1S/C24H37N3O.2CH2O2/c1-17(2)24-15-27-14-21(13-23(27)16-28-24)25-20-8-10-26(11-9-20)22-7-6-18-4-3-5-19(18)12-22;2*2-1-3/h6-7,12,17,20-21,23-25H,3-5,8-11,13-16H2,1-2H3;2*1H,(H,2,3)/t21-,23+,24+;;/m1../s1. The number of piperidine rings is 1. The average Bonchev–Trinajstić information content (AvgIpc) is 3.46. The van der Waals surface area contributed by atoms with E-state index < -0.39 is 0 Å². The topological polar surface area (TPSA) is 102 Å². The lowest BCUT2D eigenvalue weighted by Crippen LogP contribution is -2.49. The number of nitrogens with one attached hydrogen (secondary N) is 1. The number of benzene rings is 1. The highest BCUT2D eigenvalue weighted by atomic mass is 16.5. The fourth-order valence-electron chi connectivity index (χ4n) is 5.82. The zero-order valence-electron chi connectivity index (χ0n) is 20.6. The van der Waals surface area contributed by atoms with Gasteiger partial charge in [-0.25, -0.2) is 0 Å². The fraction of sp³-hybridized carbons (Fsp3) is 0.692. The van der Waals surface area contributed by atoms with Gasteiger partial charge in [0, 0.05) is 50.0 Å². The number of nitrogens with zero attached hydrogens (tertiary/aromatic N) is 2. The molecule has 190 valence electrons. The van der Waals surface area contributed by atoms with Gasteiger partial charge in [0.05, 0.1) is 12.7 Å². The quantitative estimate of drug-likeness (QED) is 0.571. The van der Waals surface area contributed by atoms with Crippen LogP contribution in [0.4, 0.5) is 5.69 Å². The Kier molecular flexibility index (Phi) is 10.2. The summed E-state index contributed by atoms with van der Waals surface area (Å²) in [5, 5.41) is 17.8. The lowest BCUT2D eigenvalue weighted by molar-refractivity contribution is -0.123. The smallest absolute Gasteiger partial charge is 0.290 e. The summed E-state index contributed by atoms with van der Waals surface area (Å²) in [5.74, 6) is 0.622. The molecule has 3 N–H and O–H groups in total. The van der Waals surface area contributed by atoms with Crippen LogP contribution in [0.5, 0.6) is 0 Å². The molecule has 0 bridgehead atoms. The van der Waals surface area contributed by atoms with Crippen molar-refractivity contribution in [3.05, 3.63) is 29.3 Å². The minimum Gasteiger partial charge on any atom is -0.483 e. The van der Waals surface area contributed by atoms with Crippen LogP contribution in [0.15, 0.2) is 18.2 Å². The summed E-state index contributed by atoms with van der Waals surface area (Å²) in [6, 6.07) is 9.17. The summed E-state index contributed by atoms with van der Waals surface area (Å²) in [6.45, 7) is 9.71. The van der Waals surface area contributed by atoms with E-state index in [1.807, 2.05) is 0 Å². The van der Waals surface area contributed by atoms with E-state index in [0.717, 1.165) is 13.2 Å². The van der Waals surface area contributed by atoms with Gasteiger partial charge in [-0.2, -0.15) is 0 Å². The predicted octanol–water partition coefficient (Wildman–Crippen LogP) is 2.63. The molecule has 0 saturated carbocycles. The largest absolute Gasteiger partial charge is 0.483 e. The van der Waals surface area contributed by atoms with Crippen molar-refractivity contribution in [2.75, 3.05) is 37.7 Å². The molecule has 3 saturated heterocycles. The van der Waals surface area contributed by atoms with Crippen molar-refractivity contribution in [3.63, 3.8) is 0 Å². The Morgan fingerprint density at radius 3 is 2.38 bits per heavy atom. The number of hydrogen-bond donors (Lipinski definition) is 3. The molecule has 3 atom stereocenters. The Bertz CT molecular complexity index is 776. The Balaban J connectivity index is 0.000000492. The summed E-state index contributed by atoms with van der Waals surface area (Å²) >= 11 is 0. The molecule has 1 aromatic rings. The number of morpholine rings is 1. The lowest BCUT2D eigenvalue weighted by Gasteiger charge is -2.37. The molecule has 0 radical (unpaired) electrons. The van der Waals surface area contributed by atoms with Crippen LogP contribution in [0, 0.1) is 5.92 Å². The van der Waals surface area contributed by atoms with Gasteiger partial charge < -0.3 is 25.2 Å². The van der Waals surface area contributed by atoms with Gasteiger partial charge in [0.15, 0.2) is 0 Å². The van der Waals surface area contributed by atoms with Crippen LogP contribution in [0.2, 0.25) is 0 Å². The number of carboxylic acid groups (broad SMARTS) is 2. The second kappa shape index (κ2) is 13.1. The van der Waals surface area contributed by atoms with E-state index in [-0.39, 0.29) is 12.9 Å². The molecule has 0 aromatic heterocycles. The van der Waals surface area contributed by atoms with Crippen LogP contribution in [-0.4, -0.2) is 85.1 Å². The Hall–Kier alpha value is -2.16. The van der Waals surface area contributed by atoms with E-state index in [9.17, 15) is 0 Å². The molecule has 0 unspecified atom stereocenters. The minimum absolute atomic E-state index is 0.250. The van der Waals surface area contributed by atoms with Crippen molar-refractivity contribution in [2.24, 2.45) is 5.92 Å². The number of hydrogen-bond acceptors (Lipinski definition) is 6. The van der Waals surface area contributed by atoms with Crippen molar-refractivity contribution in [1.82, 2.24) is 10.2 Å². The molecule has 3 fully saturated rings. The number of aryl methyl sites for hydroxylation is 2. The monoisotopic (exact) mass is 475 g/mol. The van der Waals surface area contributed by atoms with Crippen molar-refractivity contribution in [3.8, 4) is 0 Å². The second-order valence-corrected chi connectivity index (χ2v) is 10.1. The maximum absolute atomic E-state index is 8.36. The summed E-state index contributed by atoms with van der Waals surface area (Å²) in [6.07, 6.45) is 8.12. The Labute approximate surface area is 203 Å². The maximum Gasteiger partial charge on any atom is 0.290 e. The SMILES string of the molecule is CC(C)[C@@H]1CN2C[C@H](NC3CCN(c4ccc5c(c4)CCC5)CC3)C[C@H]2CO1.O=CO.O=CO. The molecule has 1 aliphatic carbocycles. The molecule has 3 aliphatic heterocycles. The third-order valence-corrected chi connectivity index (χ3v) is 7.60. The van der Waals surface area contributed by atoms with E-state index in [4.69, 9.17) is 24.5 Å². The molecule has 0 spiro atoms. The maximum atomic E-state index is 8.36. The minimum atomic E-state index is -0.250. The molecular formula is C26H41N3O5. The normalized spacial score (nSPS) is 26.6. The first kappa shape index (κ1) is 26.4. The van der Waals surface area contributed by atoms with Crippen LogP contribution < -0.4 is 10.2 Å². The molecule has 8 nitrogen and oxygen atoms in total. The van der Waals surface area contributed by atoms with Crippen LogP contribution in [0.1, 0.15) is 50.7 Å². The van der Waals surface area contributed by atoms with Crippen molar-refractivity contribution in [2.45, 2.75) is 76.6 Å². The number of carbonyl (C=O) groups is 2. The van der Waals surface area contributed by atoms with E-state index >= 15 is 0 Å². The third-order valence-electron chi connectivity index (χ3n) is 7.60. The number of anilines is 1. The summed E-state index contributed by atoms with van der Waals surface area (Å²) in [5.41, 5.74) is 4.64. The molecule has 5 rings (SSSR count). The van der Waals surface area contributed by atoms with Gasteiger partial charge in [0.2, 0.25) is 0 Å². The fourth-order valence-corrected chi connectivity index (χ4v) is 5.82. The first-order chi connectivity index (χ1) is 16.5. The highest BCUT2D eigenvalue weighted by Crippen LogP contribution is 2.30. The molecule has 34 heavy (non-hydrogen) atoms. The zero-order chi connectivity index (χ0) is 24.5. The average molecular weight is 476 g/mol. The first-order valence-electron chi connectivity index (χ1n) is 12.6. The molecule has 0 amide bonds. The number of fused-ring (bicyclic) bond motifs is 2. The summed E-state index contributed by atoms with van der Waals surface area (Å²) in [7, 11) is 0. The summed E-state index contributed by atoms with van der Waals surface area (Å²) < 4.78 is 6.11. The van der Waals surface area contributed by atoms with Crippen LogP contribution in [-0.2, 0) is 27.2 Å². The molecule has 4 aliphatic rings. The molecular weight excluding hydrogens is 434 g/mol. The number of rotatable bonds is 4. The molecule has 1 aromatic carbocycles. The zero-order valence-corrected chi connectivity index (χ0v) is 20.6. The Morgan fingerprint density at radius 1 is 1.03 bits per heavy atom. The number of ether oxygens (including phenoxy) is 1. The van der Waals surface area contributed by atoms with Crippen LogP contribution in [0.25, 0.3) is 0 Å². The van der Waals surface area contributed by atoms with Crippen molar-refractivity contribution >= 4 is 18.6 Å². The predicted molar refractivity (Wildman–Crippen MR) is 133 cm³/mol. The van der Waals surface area contributed by atoms with E-state index in [0.29, 0.717) is 30.1 Å². The van der Waals surface area contributed by atoms with Gasteiger partial charge in [-0.05, 0) is 67.7 Å². The lowest BCUT2D eigenvalue weighted by atomic mass is 10.0. The van der Waals surface area contributed by atoms with Gasteiger partial charge >= 0.3 is 0 Å². The Morgan fingerprint density at radius 2 is 1.71 bits per heavy atom. The van der Waals surface area contributed by atoms with Gasteiger partial charge in [0.1, 0.15) is 0 Å². The van der Waals surface area contributed by atoms with Crippen LogP contribution in [0.3, 0.4) is 0 Å². The van der Waals surface area contributed by atoms with Gasteiger partial charge in [0.25, 0.3) is 12.9 Å². The van der Waals surface area contributed by atoms with Crippen molar-refractivity contribution < 1.29 is 24.5 Å². The van der Waals surface area contributed by atoms with Gasteiger partial charge in [-0.3, -0.25) is 14.5 Å². The third kappa shape index (κ3) is 6.93. The van der Waals surface area contributed by atoms with Gasteiger partial charge in [-0.1, -0.05) is 19.9 Å².